The van der Waals surface area contributed by atoms with Crippen LogP contribution in [0.3, 0.4) is 0 Å². The summed E-state index contributed by atoms with van der Waals surface area (Å²) in [6.45, 7) is 0. The Labute approximate surface area is 141 Å². The second-order valence-electron chi connectivity index (χ2n) is 6.01. The van der Waals surface area contributed by atoms with Crippen molar-refractivity contribution in [3.63, 3.8) is 0 Å². The number of nitrogens with zero attached hydrogens (tertiary/aromatic N) is 4. The summed E-state index contributed by atoms with van der Waals surface area (Å²) in [6.07, 6.45) is 4.61. The van der Waals surface area contributed by atoms with Crippen LogP contribution >= 0.6 is 12.4 Å². The van der Waals surface area contributed by atoms with Crippen molar-refractivity contribution < 1.29 is 9.50 Å². The molecule has 1 aliphatic carbocycles. The number of rotatable bonds is 3. The zero-order valence-electron chi connectivity index (χ0n) is 13.4. The highest BCUT2D eigenvalue weighted by molar-refractivity contribution is 5.85. The summed E-state index contributed by atoms with van der Waals surface area (Å²) >= 11 is 0. The average Bonchev–Trinajstić information content (AvgIpc) is 2.90. The number of aliphatic hydroxyl groups is 1. The van der Waals surface area contributed by atoms with Crippen LogP contribution in [0.5, 0.6) is 0 Å². The molecule has 1 aromatic heterocycles. The molecule has 1 fully saturated rings. The molecule has 0 amide bonds. The molecule has 0 radical (unpaired) electrons. The summed E-state index contributed by atoms with van der Waals surface area (Å²) in [5, 5.41) is 19.3. The molecule has 2 aromatic rings. The molecule has 1 heterocycles. The van der Waals surface area contributed by atoms with E-state index >= 15 is 0 Å². The number of benzene rings is 1. The van der Waals surface area contributed by atoms with Crippen LogP contribution in [0.25, 0.3) is 0 Å². The summed E-state index contributed by atoms with van der Waals surface area (Å²) < 4.78 is 14.9. The second kappa shape index (κ2) is 6.84. The molecular formula is C16H22ClFN4O. The zero-order chi connectivity index (χ0) is 15.7. The van der Waals surface area contributed by atoms with E-state index in [0.29, 0.717) is 11.8 Å². The largest absolute Gasteiger partial charge is 0.382 e. The summed E-state index contributed by atoms with van der Waals surface area (Å²) in [4.78, 5) is 1.84. The maximum atomic E-state index is 13.0. The van der Waals surface area contributed by atoms with Gasteiger partial charge in [0.2, 0.25) is 5.95 Å². The highest BCUT2D eigenvalue weighted by atomic mass is 35.5. The lowest BCUT2D eigenvalue weighted by atomic mass is 9.84. The van der Waals surface area contributed by atoms with Gasteiger partial charge in [0, 0.05) is 19.8 Å². The molecule has 0 unspecified atom stereocenters. The fourth-order valence-corrected chi connectivity index (χ4v) is 3.16. The van der Waals surface area contributed by atoms with E-state index < -0.39 is 5.60 Å². The van der Waals surface area contributed by atoms with Gasteiger partial charge in [-0.25, -0.2) is 4.39 Å². The van der Waals surface area contributed by atoms with Crippen molar-refractivity contribution in [1.29, 1.82) is 0 Å². The third kappa shape index (κ3) is 3.33. The molecule has 1 aromatic carbocycles. The van der Waals surface area contributed by atoms with Gasteiger partial charge in [-0.15, -0.1) is 22.6 Å². The lowest BCUT2D eigenvalue weighted by molar-refractivity contribution is -0.0115. The van der Waals surface area contributed by atoms with Crippen LogP contribution in [-0.4, -0.2) is 26.9 Å². The van der Waals surface area contributed by atoms with Crippen LogP contribution in [0.4, 0.5) is 16.0 Å². The van der Waals surface area contributed by atoms with E-state index in [9.17, 15) is 9.50 Å². The first-order valence-electron chi connectivity index (χ1n) is 7.63. The molecular weight excluding hydrogens is 319 g/mol. The first-order valence-corrected chi connectivity index (χ1v) is 7.63. The van der Waals surface area contributed by atoms with Crippen LogP contribution in [0, 0.1) is 5.82 Å². The molecule has 23 heavy (non-hydrogen) atoms. The molecule has 0 atom stereocenters. The molecule has 1 N–H and O–H groups in total. The zero-order valence-corrected chi connectivity index (χ0v) is 14.2. The Hall–Kier alpha value is -1.66. The molecule has 0 bridgehead atoms. The van der Waals surface area contributed by atoms with Crippen molar-refractivity contribution in [3.05, 3.63) is 35.9 Å². The Bertz CT molecular complexity index is 653. The number of anilines is 2. The van der Waals surface area contributed by atoms with Crippen LogP contribution in [0.1, 0.15) is 37.9 Å². The Balaban J connectivity index is 0.00000192. The van der Waals surface area contributed by atoms with Crippen molar-refractivity contribution in [3.8, 4) is 0 Å². The fraction of sp³-hybridized carbons (Fsp3) is 0.500. The molecule has 0 saturated heterocycles. The minimum atomic E-state index is -0.887. The van der Waals surface area contributed by atoms with Crippen LogP contribution < -0.4 is 4.90 Å². The van der Waals surface area contributed by atoms with Crippen molar-refractivity contribution in [2.45, 2.75) is 37.7 Å². The van der Waals surface area contributed by atoms with E-state index in [0.717, 1.165) is 37.8 Å². The molecule has 1 saturated carbocycles. The van der Waals surface area contributed by atoms with Crippen molar-refractivity contribution in [2.75, 3.05) is 11.9 Å². The summed E-state index contributed by atoms with van der Waals surface area (Å²) in [6, 6.07) is 6.22. The van der Waals surface area contributed by atoms with Gasteiger partial charge in [-0.2, -0.15) is 0 Å². The first kappa shape index (κ1) is 17.7. The lowest BCUT2D eigenvalue weighted by Gasteiger charge is -2.31. The number of hydrogen-bond acceptors (Lipinski definition) is 4. The topological polar surface area (TPSA) is 54.2 Å². The SMILES string of the molecule is CN(c1ccc(F)cc1)c1nnc(C2(O)CCCCC2)n1C.Cl. The first-order chi connectivity index (χ1) is 10.5. The standard InChI is InChI=1S/C16H21FN4O.ClH/c1-20(13-8-6-12(17)7-9-13)15-19-18-14(21(15)2)16(22)10-4-3-5-11-16;/h6-9,22H,3-5,10-11H2,1-2H3;1H. The van der Waals surface area contributed by atoms with Gasteiger partial charge >= 0.3 is 0 Å². The van der Waals surface area contributed by atoms with E-state index in [1.165, 1.54) is 12.1 Å². The normalized spacial score (nSPS) is 16.7. The third-order valence-electron chi connectivity index (χ3n) is 4.46. The Kier molecular flexibility index (Phi) is 5.26. The van der Waals surface area contributed by atoms with Crippen LogP contribution in [0.2, 0.25) is 0 Å². The van der Waals surface area contributed by atoms with E-state index in [4.69, 9.17) is 0 Å². The van der Waals surface area contributed by atoms with Crippen molar-refractivity contribution >= 4 is 24.0 Å². The smallest absolute Gasteiger partial charge is 0.231 e. The van der Waals surface area contributed by atoms with Crippen LogP contribution in [0.15, 0.2) is 24.3 Å². The van der Waals surface area contributed by atoms with E-state index in [1.54, 1.807) is 12.1 Å². The second-order valence-corrected chi connectivity index (χ2v) is 6.01. The van der Waals surface area contributed by atoms with E-state index in [1.807, 2.05) is 23.6 Å². The summed E-state index contributed by atoms with van der Waals surface area (Å²) in [5.41, 5.74) is -0.0684. The van der Waals surface area contributed by atoms with Gasteiger partial charge in [0.05, 0.1) is 0 Å². The number of aromatic nitrogens is 3. The van der Waals surface area contributed by atoms with Gasteiger partial charge in [0.25, 0.3) is 0 Å². The number of hydrogen-bond donors (Lipinski definition) is 1. The van der Waals surface area contributed by atoms with E-state index in [2.05, 4.69) is 10.2 Å². The maximum absolute atomic E-state index is 13.0. The highest BCUT2D eigenvalue weighted by Crippen LogP contribution is 2.37. The van der Waals surface area contributed by atoms with Gasteiger partial charge in [0.15, 0.2) is 5.82 Å². The molecule has 126 valence electrons. The van der Waals surface area contributed by atoms with Crippen molar-refractivity contribution in [2.24, 2.45) is 7.05 Å². The van der Waals surface area contributed by atoms with Gasteiger partial charge in [-0.05, 0) is 37.1 Å². The summed E-state index contributed by atoms with van der Waals surface area (Å²) in [7, 11) is 3.71. The minimum absolute atomic E-state index is 0. The predicted molar refractivity (Wildman–Crippen MR) is 89.7 cm³/mol. The molecule has 7 heteroatoms. The average molecular weight is 341 g/mol. The van der Waals surface area contributed by atoms with E-state index in [-0.39, 0.29) is 18.2 Å². The maximum Gasteiger partial charge on any atom is 0.231 e. The van der Waals surface area contributed by atoms with Crippen molar-refractivity contribution in [1.82, 2.24) is 14.8 Å². The third-order valence-corrected chi connectivity index (χ3v) is 4.46. The van der Waals surface area contributed by atoms with Gasteiger partial charge in [0.1, 0.15) is 11.4 Å². The van der Waals surface area contributed by atoms with Gasteiger partial charge in [-0.1, -0.05) is 19.3 Å². The molecule has 5 nitrogen and oxygen atoms in total. The summed E-state index contributed by atoms with van der Waals surface area (Å²) in [5.74, 6) is 0.962. The van der Waals surface area contributed by atoms with Crippen LogP contribution in [-0.2, 0) is 12.6 Å². The lowest BCUT2D eigenvalue weighted by Crippen LogP contribution is -2.32. The Morgan fingerprint density at radius 3 is 2.35 bits per heavy atom. The van der Waals surface area contributed by atoms with Gasteiger partial charge in [-0.3, -0.25) is 4.57 Å². The number of halogens is 2. The molecule has 0 spiro atoms. The Morgan fingerprint density at radius 2 is 1.74 bits per heavy atom. The van der Waals surface area contributed by atoms with Gasteiger partial charge < -0.3 is 10.0 Å². The molecule has 0 aliphatic heterocycles. The molecule has 1 aliphatic rings. The quantitative estimate of drug-likeness (QED) is 0.931. The highest BCUT2D eigenvalue weighted by Gasteiger charge is 2.36. The fourth-order valence-electron chi connectivity index (χ4n) is 3.16. The molecule has 3 rings (SSSR count). The monoisotopic (exact) mass is 340 g/mol. The minimum Gasteiger partial charge on any atom is -0.382 e. The predicted octanol–water partition coefficient (Wildman–Crippen LogP) is 3.30. The Morgan fingerprint density at radius 1 is 1.13 bits per heavy atom.